The number of benzene rings is 1. The number of sulfonamides is 1. The number of nitrogens with one attached hydrogen (secondary N) is 1. The zero-order valence-electron chi connectivity index (χ0n) is 11.8. The van der Waals surface area contributed by atoms with Crippen molar-refractivity contribution in [3.05, 3.63) is 29.3 Å². The molecular formula is C14H19NO5S. The van der Waals surface area contributed by atoms with Crippen LogP contribution in [-0.4, -0.2) is 36.7 Å². The van der Waals surface area contributed by atoms with Gasteiger partial charge in [-0.25, -0.2) is 17.9 Å². The highest BCUT2D eigenvalue weighted by molar-refractivity contribution is 7.89. The zero-order valence-corrected chi connectivity index (χ0v) is 12.6. The van der Waals surface area contributed by atoms with E-state index in [9.17, 15) is 18.3 Å². The number of hydrogen-bond acceptors (Lipinski definition) is 4. The molecule has 1 atom stereocenters. The van der Waals surface area contributed by atoms with Gasteiger partial charge >= 0.3 is 5.97 Å². The van der Waals surface area contributed by atoms with Crippen LogP contribution >= 0.6 is 0 Å². The van der Waals surface area contributed by atoms with Crippen LogP contribution in [0.4, 0.5) is 0 Å². The number of aliphatic carboxylic acids is 1. The Morgan fingerprint density at radius 2 is 1.90 bits per heavy atom. The van der Waals surface area contributed by atoms with Crippen molar-refractivity contribution in [3.8, 4) is 0 Å². The predicted octanol–water partition coefficient (Wildman–Crippen LogP) is 0.679. The first-order valence-corrected chi connectivity index (χ1v) is 8.28. The van der Waals surface area contributed by atoms with E-state index in [-0.39, 0.29) is 4.90 Å². The van der Waals surface area contributed by atoms with Gasteiger partial charge in [0.1, 0.15) is 0 Å². The van der Waals surface area contributed by atoms with Crippen molar-refractivity contribution in [2.75, 3.05) is 6.54 Å². The van der Waals surface area contributed by atoms with Gasteiger partial charge in [0, 0.05) is 0 Å². The van der Waals surface area contributed by atoms with E-state index < -0.39 is 28.1 Å². The van der Waals surface area contributed by atoms with E-state index in [0.29, 0.717) is 0 Å². The molecule has 0 saturated heterocycles. The molecule has 1 aliphatic carbocycles. The van der Waals surface area contributed by atoms with Gasteiger partial charge in [0.25, 0.3) is 0 Å². The fourth-order valence-corrected chi connectivity index (χ4v) is 3.45. The minimum Gasteiger partial charge on any atom is -0.479 e. The molecule has 0 aliphatic heterocycles. The summed E-state index contributed by atoms with van der Waals surface area (Å²) in [6, 6.07) is 4.95. The van der Waals surface area contributed by atoms with Gasteiger partial charge in [-0.2, -0.15) is 0 Å². The van der Waals surface area contributed by atoms with Crippen molar-refractivity contribution in [1.82, 2.24) is 4.72 Å². The molecule has 116 valence electrons. The number of fused-ring (bicyclic) bond motifs is 1. The third-order valence-electron chi connectivity index (χ3n) is 3.70. The Labute approximate surface area is 123 Å². The first-order chi connectivity index (χ1) is 9.72. The topological polar surface area (TPSA) is 104 Å². The molecule has 1 unspecified atom stereocenters. The Bertz CT molecular complexity index is 651. The highest BCUT2D eigenvalue weighted by Gasteiger charge is 2.32. The number of carboxylic acid groups (broad SMARTS) is 1. The summed E-state index contributed by atoms with van der Waals surface area (Å²) in [6.45, 7) is 0.465. The number of carbonyl (C=O) groups is 1. The summed E-state index contributed by atoms with van der Waals surface area (Å²) in [7, 11) is -3.83. The average molecular weight is 313 g/mol. The number of aliphatic hydroxyl groups is 1. The third kappa shape index (κ3) is 3.61. The molecule has 1 aromatic carbocycles. The minimum absolute atomic E-state index is 0.101. The lowest BCUT2D eigenvalue weighted by atomic mass is 9.92. The predicted molar refractivity (Wildman–Crippen MR) is 76.5 cm³/mol. The molecule has 0 amide bonds. The molecule has 0 spiro atoms. The lowest BCUT2D eigenvalue weighted by Crippen LogP contribution is -2.46. The first kappa shape index (κ1) is 15.9. The summed E-state index contributed by atoms with van der Waals surface area (Å²) in [5, 5.41) is 18.3. The van der Waals surface area contributed by atoms with Crippen molar-refractivity contribution in [3.63, 3.8) is 0 Å². The van der Waals surface area contributed by atoms with Crippen molar-refractivity contribution >= 4 is 16.0 Å². The number of hydrogen-bond donors (Lipinski definition) is 3. The highest BCUT2D eigenvalue weighted by Crippen LogP contribution is 2.24. The summed E-state index contributed by atoms with van der Waals surface area (Å²) in [5.41, 5.74) is 0.0493. The van der Waals surface area contributed by atoms with Crippen LogP contribution in [0.2, 0.25) is 0 Å². The average Bonchev–Trinajstić information content (AvgIpc) is 2.45. The van der Waals surface area contributed by atoms with E-state index in [2.05, 4.69) is 4.72 Å². The summed E-state index contributed by atoms with van der Waals surface area (Å²) in [6.07, 6.45) is 3.96. The van der Waals surface area contributed by atoms with Crippen molar-refractivity contribution in [1.29, 1.82) is 0 Å². The molecule has 0 bridgehead atoms. The second kappa shape index (κ2) is 5.75. The van der Waals surface area contributed by atoms with E-state index in [1.54, 1.807) is 12.1 Å². The van der Waals surface area contributed by atoms with Crippen LogP contribution in [0.1, 0.15) is 30.9 Å². The van der Waals surface area contributed by atoms with E-state index in [1.165, 1.54) is 6.07 Å². The van der Waals surface area contributed by atoms with Crippen LogP contribution in [-0.2, 0) is 27.7 Å². The Morgan fingerprint density at radius 1 is 1.29 bits per heavy atom. The summed E-state index contributed by atoms with van der Waals surface area (Å²) in [5.74, 6) is -1.48. The molecule has 1 aliphatic rings. The van der Waals surface area contributed by atoms with Crippen LogP contribution in [0.3, 0.4) is 0 Å². The quantitative estimate of drug-likeness (QED) is 0.741. The number of carboxylic acids is 1. The SMILES string of the molecule is CC(O)(CNS(=O)(=O)c1ccc2c(c1)CCCC2)C(=O)O. The molecule has 21 heavy (non-hydrogen) atoms. The lowest BCUT2D eigenvalue weighted by molar-refractivity contribution is -0.155. The maximum atomic E-state index is 12.2. The van der Waals surface area contributed by atoms with Gasteiger partial charge in [-0.15, -0.1) is 0 Å². The Kier molecular flexibility index (Phi) is 4.36. The van der Waals surface area contributed by atoms with Crippen molar-refractivity contribution < 1.29 is 23.4 Å². The molecule has 0 fully saturated rings. The Hall–Kier alpha value is -1.44. The minimum atomic E-state index is -3.83. The van der Waals surface area contributed by atoms with E-state index in [1.807, 2.05) is 0 Å². The van der Waals surface area contributed by atoms with Crippen molar-refractivity contribution in [2.24, 2.45) is 0 Å². The van der Waals surface area contributed by atoms with Crippen LogP contribution < -0.4 is 4.72 Å². The fourth-order valence-electron chi connectivity index (χ4n) is 2.27. The largest absolute Gasteiger partial charge is 0.479 e. The molecule has 0 heterocycles. The fraction of sp³-hybridized carbons (Fsp3) is 0.500. The van der Waals surface area contributed by atoms with Crippen LogP contribution in [0, 0.1) is 0 Å². The Balaban J connectivity index is 2.18. The summed E-state index contributed by atoms with van der Waals surface area (Å²) < 4.78 is 26.5. The normalized spacial score (nSPS) is 17.8. The molecule has 1 aromatic rings. The number of aryl methyl sites for hydroxylation is 2. The van der Waals surface area contributed by atoms with E-state index in [0.717, 1.165) is 43.7 Å². The zero-order chi connectivity index (χ0) is 15.7. The molecule has 0 radical (unpaired) electrons. The third-order valence-corrected chi connectivity index (χ3v) is 5.10. The van der Waals surface area contributed by atoms with Gasteiger partial charge in [-0.1, -0.05) is 6.07 Å². The van der Waals surface area contributed by atoms with Crippen molar-refractivity contribution in [2.45, 2.75) is 43.1 Å². The van der Waals surface area contributed by atoms with Crippen LogP contribution in [0.25, 0.3) is 0 Å². The first-order valence-electron chi connectivity index (χ1n) is 6.80. The maximum Gasteiger partial charge on any atom is 0.336 e. The number of rotatable bonds is 5. The molecule has 0 saturated carbocycles. The molecule has 3 N–H and O–H groups in total. The van der Waals surface area contributed by atoms with Crippen LogP contribution in [0.15, 0.2) is 23.1 Å². The van der Waals surface area contributed by atoms with E-state index in [4.69, 9.17) is 5.11 Å². The monoisotopic (exact) mass is 313 g/mol. The second-order valence-corrected chi connectivity index (χ2v) is 7.31. The molecule has 0 aromatic heterocycles. The molecular weight excluding hydrogens is 294 g/mol. The Morgan fingerprint density at radius 3 is 2.52 bits per heavy atom. The van der Waals surface area contributed by atoms with Gasteiger partial charge in [-0.05, 0) is 55.9 Å². The van der Waals surface area contributed by atoms with Gasteiger partial charge in [0.15, 0.2) is 5.60 Å². The molecule has 6 nitrogen and oxygen atoms in total. The standard InChI is InChI=1S/C14H19NO5S/c1-14(18,13(16)17)9-15-21(19,20)12-7-6-10-4-2-3-5-11(10)8-12/h6-8,15,18H,2-5,9H2,1H3,(H,16,17). The second-order valence-electron chi connectivity index (χ2n) is 5.54. The van der Waals surface area contributed by atoms with Gasteiger partial charge < -0.3 is 10.2 Å². The highest BCUT2D eigenvalue weighted by atomic mass is 32.2. The van der Waals surface area contributed by atoms with E-state index >= 15 is 0 Å². The van der Waals surface area contributed by atoms with Crippen LogP contribution in [0.5, 0.6) is 0 Å². The molecule has 7 heteroatoms. The smallest absolute Gasteiger partial charge is 0.336 e. The summed E-state index contributed by atoms with van der Waals surface area (Å²) >= 11 is 0. The molecule has 2 rings (SSSR count). The summed E-state index contributed by atoms with van der Waals surface area (Å²) in [4.78, 5) is 10.9. The van der Waals surface area contributed by atoms with Gasteiger partial charge in [0.05, 0.1) is 11.4 Å². The maximum absolute atomic E-state index is 12.2. The van der Waals surface area contributed by atoms with Gasteiger partial charge in [0.2, 0.25) is 10.0 Å². The van der Waals surface area contributed by atoms with Gasteiger partial charge in [-0.3, -0.25) is 0 Å². The lowest BCUT2D eigenvalue weighted by Gasteiger charge is -2.19.